The number of carbonyl (C=O) groups excluding carboxylic acids is 1. The molecule has 1 aliphatic rings. The van der Waals surface area contributed by atoms with Crippen LogP contribution in [0.2, 0.25) is 0 Å². The average molecular weight is 362 g/mol. The second kappa shape index (κ2) is 6.34. The van der Waals surface area contributed by atoms with E-state index in [9.17, 15) is 4.79 Å². The Morgan fingerprint density at radius 2 is 2.27 bits per heavy atom. The van der Waals surface area contributed by atoms with Gasteiger partial charge in [0.25, 0.3) is 5.91 Å². The van der Waals surface area contributed by atoms with Crippen molar-refractivity contribution < 1.29 is 4.79 Å². The van der Waals surface area contributed by atoms with Gasteiger partial charge in [-0.15, -0.1) is 0 Å². The molecule has 0 spiro atoms. The molecule has 0 bridgehead atoms. The third-order valence-corrected chi connectivity index (χ3v) is 4.69. The first-order valence-electron chi connectivity index (χ1n) is 7.59. The lowest BCUT2D eigenvalue weighted by Crippen LogP contribution is -2.30. The Kier molecular flexibility index (Phi) is 4.45. The number of amides is 1. The number of fused-ring (bicyclic) bond motifs is 1. The number of pyridine rings is 1. The summed E-state index contributed by atoms with van der Waals surface area (Å²) >= 11 is 3.47. The van der Waals surface area contributed by atoms with Crippen LogP contribution in [-0.4, -0.2) is 42.5 Å². The molecule has 2 aromatic rings. The van der Waals surface area contributed by atoms with Crippen LogP contribution in [0.25, 0.3) is 10.9 Å². The van der Waals surface area contributed by atoms with E-state index in [-0.39, 0.29) is 5.91 Å². The quantitative estimate of drug-likeness (QED) is 0.913. The Morgan fingerprint density at radius 3 is 3.05 bits per heavy atom. The molecule has 1 unspecified atom stereocenters. The summed E-state index contributed by atoms with van der Waals surface area (Å²) in [6.07, 6.45) is 1.07. The smallest absolute Gasteiger partial charge is 0.254 e. The third kappa shape index (κ3) is 3.01. The summed E-state index contributed by atoms with van der Waals surface area (Å²) in [5.74, 6) is 0.675. The van der Waals surface area contributed by atoms with E-state index in [1.54, 1.807) is 0 Å². The summed E-state index contributed by atoms with van der Waals surface area (Å²) in [5.41, 5.74) is 2.50. The van der Waals surface area contributed by atoms with Gasteiger partial charge in [-0.05, 0) is 51.1 Å². The predicted molar refractivity (Wildman–Crippen MR) is 92.1 cm³/mol. The maximum Gasteiger partial charge on any atom is 0.254 e. The first-order chi connectivity index (χ1) is 10.6. The summed E-state index contributed by atoms with van der Waals surface area (Å²) in [6.45, 7) is 4.57. The molecule has 0 saturated carbocycles. The van der Waals surface area contributed by atoms with Crippen molar-refractivity contribution in [3.05, 3.63) is 40.0 Å². The van der Waals surface area contributed by atoms with Gasteiger partial charge >= 0.3 is 0 Å². The second-order valence-corrected chi connectivity index (χ2v) is 6.85. The van der Waals surface area contributed by atoms with Crippen molar-refractivity contribution in [1.29, 1.82) is 0 Å². The highest BCUT2D eigenvalue weighted by atomic mass is 79.9. The van der Waals surface area contributed by atoms with Crippen LogP contribution < -0.4 is 5.32 Å². The second-order valence-electron chi connectivity index (χ2n) is 5.94. The molecule has 22 heavy (non-hydrogen) atoms. The van der Waals surface area contributed by atoms with Crippen molar-refractivity contribution >= 4 is 32.7 Å². The lowest BCUT2D eigenvalue weighted by Gasteiger charge is -2.18. The van der Waals surface area contributed by atoms with Gasteiger partial charge in [-0.1, -0.05) is 22.0 Å². The van der Waals surface area contributed by atoms with Crippen LogP contribution >= 0.6 is 15.9 Å². The van der Waals surface area contributed by atoms with Crippen LogP contribution in [0.5, 0.6) is 0 Å². The van der Waals surface area contributed by atoms with Gasteiger partial charge in [0.1, 0.15) is 0 Å². The van der Waals surface area contributed by atoms with E-state index in [1.807, 2.05) is 43.1 Å². The van der Waals surface area contributed by atoms with Gasteiger partial charge in [-0.3, -0.25) is 9.78 Å². The molecule has 1 atom stereocenters. The number of nitrogens with zero attached hydrogens (tertiary/aromatic N) is 2. The average Bonchev–Trinajstić information content (AvgIpc) is 2.94. The van der Waals surface area contributed by atoms with Gasteiger partial charge in [0.05, 0.1) is 11.1 Å². The first-order valence-corrected chi connectivity index (χ1v) is 8.38. The summed E-state index contributed by atoms with van der Waals surface area (Å²) in [5, 5.41) is 4.13. The van der Waals surface area contributed by atoms with Crippen LogP contribution in [0.4, 0.5) is 0 Å². The van der Waals surface area contributed by atoms with E-state index in [0.717, 1.165) is 52.7 Å². The molecular formula is C17H20BrN3O. The minimum atomic E-state index is 0.122. The molecule has 1 amide bonds. The van der Waals surface area contributed by atoms with Crippen molar-refractivity contribution in [2.24, 2.45) is 5.92 Å². The van der Waals surface area contributed by atoms with Crippen molar-refractivity contribution in [1.82, 2.24) is 15.2 Å². The zero-order valence-corrected chi connectivity index (χ0v) is 14.5. The number of aromatic nitrogens is 1. The van der Waals surface area contributed by atoms with Gasteiger partial charge in [-0.25, -0.2) is 0 Å². The van der Waals surface area contributed by atoms with E-state index in [1.165, 1.54) is 0 Å². The SMILES string of the molecule is CNCC1CCN(C(=O)c2cc(C)nc3cc(Br)ccc23)C1. The Morgan fingerprint density at radius 1 is 1.45 bits per heavy atom. The van der Waals surface area contributed by atoms with Gasteiger partial charge in [0, 0.05) is 28.6 Å². The standard InChI is InChI=1S/C17H20BrN3O/c1-11-7-15(14-4-3-13(18)8-16(14)20-11)17(22)21-6-5-12(10-21)9-19-2/h3-4,7-8,12,19H,5-6,9-10H2,1-2H3. The molecule has 1 aromatic carbocycles. The normalized spacial score (nSPS) is 18.1. The molecule has 1 aromatic heterocycles. The van der Waals surface area contributed by atoms with Crippen LogP contribution in [0, 0.1) is 12.8 Å². The van der Waals surface area contributed by atoms with Crippen LogP contribution in [0.1, 0.15) is 22.5 Å². The van der Waals surface area contributed by atoms with Crippen LogP contribution in [-0.2, 0) is 0 Å². The maximum atomic E-state index is 12.9. The molecule has 2 heterocycles. The molecule has 1 fully saturated rings. The Hall–Kier alpha value is -1.46. The van der Waals surface area contributed by atoms with Gasteiger partial charge in [0.2, 0.25) is 0 Å². The number of benzene rings is 1. The number of hydrogen-bond donors (Lipinski definition) is 1. The van der Waals surface area contributed by atoms with Gasteiger partial charge < -0.3 is 10.2 Å². The number of halogens is 1. The number of rotatable bonds is 3. The minimum Gasteiger partial charge on any atom is -0.338 e. The van der Waals surface area contributed by atoms with Crippen LogP contribution in [0.3, 0.4) is 0 Å². The Labute approximate surface area is 139 Å². The van der Waals surface area contributed by atoms with Crippen molar-refractivity contribution in [2.75, 3.05) is 26.7 Å². The summed E-state index contributed by atoms with van der Waals surface area (Å²) in [4.78, 5) is 19.4. The van der Waals surface area contributed by atoms with Gasteiger partial charge in [-0.2, -0.15) is 0 Å². The molecule has 0 aliphatic carbocycles. The number of likely N-dealkylation sites (tertiary alicyclic amines) is 1. The zero-order chi connectivity index (χ0) is 15.7. The largest absolute Gasteiger partial charge is 0.338 e. The van der Waals surface area contributed by atoms with E-state index < -0.39 is 0 Å². The number of aryl methyl sites for hydroxylation is 1. The van der Waals surface area contributed by atoms with E-state index in [2.05, 4.69) is 26.2 Å². The third-order valence-electron chi connectivity index (χ3n) is 4.20. The highest BCUT2D eigenvalue weighted by Crippen LogP contribution is 2.25. The summed E-state index contributed by atoms with van der Waals surface area (Å²) < 4.78 is 0.978. The molecule has 1 N–H and O–H groups in total. The molecule has 4 nitrogen and oxygen atoms in total. The van der Waals surface area contributed by atoms with Gasteiger partial charge in [0.15, 0.2) is 0 Å². The summed E-state index contributed by atoms with van der Waals surface area (Å²) in [6, 6.07) is 7.81. The number of nitrogens with one attached hydrogen (secondary N) is 1. The molecule has 1 aliphatic heterocycles. The Bertz CT molecular complexity index is 711. The molecule has 1 saturated heterocycles. The monoisotopic (exact) mass is 361 g/mol. The van der Waals surface area contributed by atoms with Crippen molar-refractivity contribution in [3.63, 3.8) is 0 Å². The fraction of sp³-hybridized carbons (Fsp3) is 0.412. The molecule has 0 radical (unpaired) electrons. The van der Waals surface area contributed by atoms with Crippen LogP contribution in [0.15, 0.2) is 28.7 Å². The number of carbonyl (C=O) groups is 1. The lowest BCUT2D eigenvalue weighted by atomic mass is 10.1. The Balaban J connectivity index is 1.94. The molecule has 5 heteroatoms. The topological polar surface area (TPSA) is 45.2 Å². The molecule has 116 valence electrons. The molecule has 3 rings (SSSR count). The lowest BCUT2D eigenvalue weighted by molar-refractivity contribution is 0.0789. The fourth-order valence-corrected chi connectivity index (χ4v) is 3.50. The van der Waals surface area contributed by atoms with E-state index in [4.69, 9.17) is 0 Å². The van der Waals surface area contributed by atoms with Crippen molar-refractivity contribution in [3.8, 4) is 0 Å². The fourth-order valence-electron chi connectivity index (χ4n) is 3.15. The predicted octanol–water partition coefficient (Wildman–Crippen LogP) is 2.99. The summed E-state index contributed by atoms with van der Waals surface area (Å²) in [7, 11) is 1.96. The van der Waals surface area contributed by atoms with E-state index >= 15 is 0 Å². The highest BCUT2D eigenvalue weighted by molar-refractivity contribution is 9.10. The first kappa shape index (κ1) is 15.4. The van der Waals surface area contributed by atoms with Crippen molar-refractivity contribution in [2.45, 2.75) is 13.3 Å². The number of hydrogen-bond acceptors (Lipinski definition) is 3. The highest BCUT2D eigenvalue weighted by Gasteiger charge is 2.27. The maximum absolute atomic E-state index is 12.9. The minimum absolute atomic E-state index is 0.122. The molecular weight excluding hydrogens is 342 g/mol. The van der Waals surface area contributed by atoms with E-state index in [0.29, 0.717) is 5.92 Å². The zero-order valence-electron chi connectivity index (χ0n) is 12.9.